The molecule has 30 heavy (non-hydrogen) atoms. The number of hydrogen-bond acceptors (Lipinski definition) is 6. The predicted octanol–water partition coefficient (Wildman–Crippen LogP) is 4.64. The molecule has 0 aliphatic heterocycles. The third-order valence-corrected chi connectivity index (χ3v) is 4.58. The van der Waals surface area contributed by atoms with Gasteiger partial charge in [0.1, 0.15) is 5.75 Å². The Morgan fingerprint density at radius 1 is 1.03 bits per heavy atom. The number of carbonyl (C=O) groups excluding carboxylic acids is 2. The molecule has 2 aromatic rings. The van der Waals surface area contributed by atoms with Gasteiger partial charge in [-0.2, -0.15) is 0 Å². The molecular weight excluding hydrogens is 410 g/mol. The molecule has 0 aromatic heterocycles. The van der Waals surface area contributed by atoms with E-state index < -0.39 is 18.0 Å². The minimum Gasteiger partial charge on any atom is -0.495 e. The molecule has 2 aromatic carbocycles. The number of amides is 1. The summed E-state index contributed by atoms with van der Waals surface area (Å²) in [6.07, 6.45) is -1.04. The summed E-state index contributed by atoms with van der Waals surface area (Å²) >= 11 is 6.09. The van der Waals surface area contributed by atoms with Gasteiger partial charge >= 0.3 is 5.97 Å². The summed E-state index contributed by atoms with van der Waals surface area (Å²) < 4.78 is 21.6. The summed E-state index contributed by atoms with van der Waals surface area (Å²) in [7, 11) is 1.47. The molecule has 0 spiro atoms. The molecule has 0 radical (unpaired) electrons. The molecule has 1 N–H and O–H groups in total. The van der Waals surface area contributed by atoms with Crippen LogP contribution in [0.5, 0.6) is 17.2 Å². The zero-order chi connectivity index (χ0) is 22.3. The molecule has 1 amide bonds. The van der Waals surface area contributed by atoms with E-state index in [1.54, 1.807) is 24.3 Å². The highest BCUT2D eigenvalue weighted by atomic mass is 35.5. The van der Waals surface area contributed by atoms with Crippen LogP contribution in [-0.2, 0) is 9.53 Å². The maximum Gasteiger partial charge on any atom is 0.339 e. The molecule has 8 heteroatoms. The molecule has 0 saturated heterocycles. The average molecular weight is 436 g/mol. The van der Waals surface area contributed by atoms with Gasteiger partial charge in [-0.05, 0) is 57.5 Å². The quantitative estimate of drug-likeness (QED) is 0.578. The fourth-order valence-corrected chi connectivity index (χ4v) is 2.78. The summed E-state index contributed by atoms with van der Waals surface area (Å²) in [4.78, 5) is 25.0. The Balaban J connectivity index is 2.11. The number of ether oxygens (including phenoxy) is 4. The zero-order valence-corrected chi connectivity index (χ0v) is 18.5. The molecule has 2 rings (SSSR count). The van der Waals surface area contributed by atoms with E-state index in [1.807, 2.05) is 20.8 Å². The first-order valence-corrected chi connectivity index (χ1v) is 9.94. The number of halogens is 1. The lowest BCUT2D eigenvalue weighted by molar-refractivity contribution is -0.123. The number of hydrogen-bond donors (Lipinski definition) is 1. The molecular formula is C22H26ClNO6. The maximum absolute atomic E-state index is 12.5. The van der Waals surface area contributed by atoms with E-state index in [9.17, 15) is 9.59 Å². The number of carbonyl (C=O) groups is 2. The van der Waals surface area contributed by atoms with Crippen molar-refractivity contribution in [3.05, 3.63) is 46.5 Å². The number of anilines is 1. The molecule has 0 aliphatic carbocycles. The molecule has 1 atom stereocenters. The van der Waals surface area contributed by atoms with E-state index >= 15 is 0 Å². The van der Waals surface area contributed by atoms with Crippen LogP contribution < -0.4 is 19.5 Å². The van der Waals surface area contributed by atoms with Crippen LogP contribution in [0.4, 0.5) is 5.69 Å². The van der Waals surface area contributed by atoms with Gasteiger partial charge in [0.05, 0.1) is 31.6 Å². The number of rotatable bonds is 9. The van der Waals surface area contributed by atoms with E-state index in [2.05, 4.69) is 5.32 Å². The van der Waals surface area contributed by atoms with Crippen molar-refractivity contribution in [2.75, 3.05) is 25.6 Å². The van der Waals surface area contributed by atoms with Gasteiger partial charge in [-0.25, -0.2) is 4.79 Å². The van der Waals surface area contributed by atoms with Crippen LogP contribution in [0.2, 0.25) is 5.02 Å². The summed E-state index contributed by atoms with van der Waals surface area (Å²) in [6, 6.07) is 8.03. The largest absolute Gasteiger partial charge is 0.495 e. The van der Waals surface area contributed by atoms with Crippen molar-refractivity contribution in [3.8, 4) is 17.2 Å². The lowest BCUT2D eigenvalue weighted by Gasteiger charge is -2.17. The van der Waals surface area contributed by atoms with Crippen molar-refractivity contribution >= 4 is 29.2 Å². The Hall–Kier alpha value is -2.93. The number of esters is 1. The molecule has 0 bridgehead atoms. The van der Waals surface area contributed by atoms with Gasteiger partial charge in [-0.15, -0.1) is 0 Å². The van der Waals surface area contributed by atoms with Crippen LogP contribution >= 0.6 is 11.6 Å². The second-order valence-electron chi connectivity index (χ2n) is 6.37. The minimum absolute atomic E-state index is 0.251. The van der Waals surface area contributed by atoms with Crippen molar-refractivity contribution in [2.45, 2.75) is 33.8 Å². The molecule has 162 valence electrons. The highest BCUT2D eigenvalue weighted by Crippen LogP contribution is 2.31. The smallest absolute Gasteiger partial charge is 0.339 e. The molecule has 7 nitrogen and oxygen atoms in total. The monoisotopic (exact) mass is 435 g/mol. The number of benzene rings is 2. The Bertz CT molecular complexity index is 915. The molecule has 0 aliphatic rings. The first-order valence-electron chi connectivity index (χ1n) is 9.56. The summed E-state index contributed by atoms with van der Waals surface area (Å²) in [5.74, 6) is 0.227. The van der Waals surface area contributed by atoms with Gasteiger partial charge in [0.15, 0.2) is 17.6 Å². The van der Waals surface area contributed by atoms with E-state index in [1.165, 1.54) is 20.1 Å². The minimum atomic E-state index is -1.04. The van der Waals surface area contributed by atoms with Crippen molar-refractivity contribution in [1.82, 2.24) is 0 Å². The number of aryl methyl sites for hydroxylation is 1. The Labute approximate surface area is 181 Å². The predicted molar refractivity (Wildman–Crippen MR) is 115 cm³/mol. The summed E-state index contributed by atoms with van der Waals surface area (Å²) in [5, 5.41) is 3.22. The van der Waals surface area contributed by atoms with Crippen molar-refractivity contribution in [3.63, 3.8) is 0 Å². The van der Waals surface area contributed by atoms with Crippen LogP contribution in [0.1, 0.15) is 36.7 Å². The number of nitrogens with one attached hydrogen (secondary N) is 1. The van der Waals surface area contributed by atoms with Gasteiger partial charge in [0.25, 0.3) is 5.91 Å². The van der Waals surface area contributed by atoms with Crippen LogP contribution in [0.3, 0.4) is 0 Å². The van der Waals surface area contributed by atoms with E-state index in [0.29, 0.717) is 41.2 Å². The standard InChI is InChI=1S/C22H26ClNO6/c1-6-28-18-9-8-15(11-20(18)29-7-2)22(26)30-14(4)21(25)24-17-10-13(3)16(23)12-19(17)27-5/h8-12,14H,6-7H2,1-5H3,(H,24,25). The van der Waals surface area contributed by atoms with Gasteiger partial charge in [0, 0.05) is 11.1 Å². The van der Waals surface area contributed by atoms with E-state index in [0.717, 1.165) is 5.56 Å². The topological polar surface area (TPSA) is 83.1 Å². The third-order valence-electron chi connectivity index (χ3n) is 4.17. The average Bonchev–Trinajstić information content (AvgIpc) is 2.71. The van der Waals surface area contributed by atoms with E-state index in [-0.39, 0.29) is 5.56 Å². The van der Waals surface area contributed by atoms with E-state index in [4.69, 9.17) is 30.5 Å². The maximum atomic E-state index is 12.5. The zero-order valence-electron chi connectivity index (χ0n) is 17.7. The van der Waals surface area contributed by atoms with Crippen LogP contribution in [-0.4, -0.2) is 38.3 Å². The van der Waals surface area contributed by atoms with Crippen molar-refractivity contribution in [1.29, 1.82) is 0 Å². The first-order chi connectivity index (χ1) is 14.3. The lowest BCUT2D eigenvalue weighted by Crippen LogP contribution is -2.30. The normalized spacial score (nSPS) is 11.4. The van der Waals surface area contributed by atoms with Crippen LogP contribution in [0.15, 0.2) is 30.3 Å². The highest BCUT2D eigenvalue weighted by Gasteiger charge is 2.22. The second kappa shape index (κ2) is 10.7. The van der Waals surface area contributed by atoms with Gasteiger partial charge in [0.2, 0.25) is 0 Å². The van der Waals surface area contributed by atoms with Gasteiger partial charge in [-0.1, -0.05) is 11.6 Å². The molecule has 0 heterocycles. The fourth-order valence-electron chi connectivity index (χ4n) is 2.62. The SMILES string of the molecule is CCOc1ccc(C(=O)OC(C)C(=O)Nc2cc(C)c(Cl)cc2OC)cc1OCC. The fraction of sp³-hybridized carbons (Fsp3) is 0.364. The molecule has 0 fully saturated rings. The molecule has 1 unspecified atom stereocenters. The Morgan fingerprint density at radius 3 is 2.33 bits per heavy atom. The summed E-state index contributed by atoms with van der Waals surface area (Å²) in [6.45, 7) is 7.87. The third kappa shape index (κ3) is 5.79. The van der Waals surface area contributed by atoms with Crippen molar-refractivity contribution < 1.29 is 28.5 Å². The lowest BCUT2D eigenvalue weighted by atomic mass is 10.2. The summed E-state index contributed by atoms with van der Waals surface area (Å²) in [5.41, 5.74) is 1.46. The Morgan fingerprint density at radius 2 is 1.70 bits per heavy atom. The van der Waals surface area contributed by atoms with Crippen molar-refractivity contribution in [2.24, 2.45) is 0 Å². The van der Waals surface area contributed by atoms with Crippen LogP contribution in [0.25, 0.3) is 0 Å². The second-order valence-corrected chi connectivity index (χ2v) is 6.77. The molecule has 0 saturated carbocycles. The van der Waals surface area contributed by atoms with Gasteiger partial charge in [-0.3, -0.25) is 4.79 Å². The van der Waals surface area contributed by atoms with Crippen LogP contribution in [0, 0.1) is 6.92 Å². The first kappa shape index (κ1) is 23.3. The number of methoxy groups -OCH3 is 1. The Kier molecular flexibility index (Phi) is 8.35. The highest BCUT2D eigenvalue weighted by molar-refractivity contribution is 6.31. The van der Waals surface area contributed by atoms with Gasteiger partial charge < -0.3 is 24.3 Å².